The summed E-state index contributed by atoms with van der Waals surface area (Å²) in [6.45, 7) is 7.35. The van der Waals surface area contributed by atoms with E-state index in [1.807, 2.05) is 28.8 Å². The molecule has 9 heteroatoms. The highest BCUT2D eigenvalue weighted by Gasteiger charge is 2.17. The highest BCUT2D eigenvalue weighted by molar-refractivity contribution is 8.00. The minimum absolute atomic E-state index is 0.128. The molecule has 0 unspecified atom stereocenters. The van der Waals surface area contributed by atoms with Gasteiger partial charge in [0.15, 0.2) is 11.0 Å². The Morgan fingerprint density at radius 2 is 1.72 bits per heavy atom. The minimum Gasteiger partial charge on any atom is -0.486 e. The molecule has 0 aliphatic rings. The second-order valence-corrected chi connectivity index (χ2v) is 10.4. The Morgan fingerprint density at radius 3 is 2.38 bits per heavy atom. The van der Waals surface area contributed by atoms with Gasteiger partial charge in [0.2, 0.25) is 0 Å². The Balaban J connectivity index is 1.61. The number of aromatic nitrogens is 3. The molecule has 0 atom stereocenters. The van der Waals surface area contributed by atoms with Crippen LogP contribution in [0.3, 0.4) is 0 Å². The van der Waals surface area contributed by atoms with Crippen molar-refractivity contribution in [2.45, 2.75) is 45.5 Å². The summed E-state index contributed by atoms with van der Waals surface area (Å²) >= 11 is 1.35. The largest absolute Gasteiger partial charge is 0.486 e. The zero-order valence-electron chi connectivity index (χ0n) is 18.6. The quantitative estimate of drug-likeness (QED) is 0.280. The smallest absolute Gasteiger partial charge is 0.310 e. The fraction of sp³-hybridized carbons (Fsp3) is 0.391. The van der Waals surface area contributed by atoms with Crippen LogP contribution in [-0.2, 0) is 29.7 Å². The molecule has 3 rings (SSSR count). The van der Waals surface area contributed by atoms with Gasteiger partial charge in [-0.3, -0.25) is 0 Å². The summed E-state index contributed by atoms with van der Waals surface area (Å²) < 4.78 is 37.6. The van der Waals surface area contributed by atoms with Crippen LogP contribution < -0.4 is 8.92 Å². The number of nitrogens with zero attached hydrogens (tertiary/aromatic N) is 3. The SMILES string of the molecule is CCc1ccc(OCc2nnc(SCCS(=O)(=O)Oc3ccccc3)n2CC(C)C)cc1. The van der Waals surface area contributed by atoms with E-state index >= 15 is 0 Å². The third kappa shape index (κ3) is 7.27. The van der Waals surface area contributed by atoms with Crippen LogP contribution in [0.2, 0.25) is 0 Å². The lowest BCUT2D eigenvalue weighted by Gasteiger charge is -2.13. The van der Waals surface area contributed by atoms with E-state index in [9.17, 15) is 8.42 Å². The van der Waals surface area contributed by atoms with Crippen molar-refractivity contribution in [3.05, 3.63) is 66.0 Å². The van der Waals surface area contributed by atoms with Crippen molar-refractivity contribution in [3.8, 4) is 11.5 Å². The lowest BCUT2D eigenvalue weighted by molar-refractivity contribution is 0.284. The third-order valence-electron chi connectivity index (χ3n) is 4.57. The molecule has 0 fully saturated rings. The minimum atomic E-state index is -3.69. The van der Waals surface area contributed by atoms with E-state index in [0.29, 0.717) is 35.0 Å². The lowest BCUT2D eigenvalue weighted by Crippen LogP contribution is -2.16. The van der Waals surface area contributed by atoms with Gasteiger partial charge in [-0.05, 0) is 42.2 Å². The molecule has 0 aliphatic carbocycles. The first-order chi connectivity index (χ1) is 15.4. The predicted molar refractivity (Wildman–Crippen MR) is 127 cm³/mol. The number of para-hydroxylation sites is 1. The van der Waals surface area contributed by atoms with Gasteiger partial charge in [-0.15, -0.1) is 10.2 Å². The molecule has 0 aliphatic heterocycles. The van der Waals surface area contributed by atoms with Gasteiger partial charge in [0.25, 0.3) is 0 Å². The van der Waals surface area contributed by atoms with Gasteiger partial charge in [0.1, 0.15) is 18.1 Å². The van der Waals surface area contributed by atoms with Gasteiger partial charge in [0.05, 0.1) is 5.75 Å². The van der Waals surface area contributed by atoms with E-state index in [0.717, 1.165) is 18.7 Å². The molecule has 0 amide bonds. The zero-order valence-corrected chi connectivity index (χ0v) is 20.2. The number of benzene rings is 2. The molecule has 32 heavy (non-hydrogen) atoms. The normalized spacial score (nSPS) is 11.6. The number of rotatable bonds is 12. The molecule has 1 heterocycles. The first-order valence-electron chi connectivity index (χ1n) is 10.6. The van der Waals surface area contributed by atoms with Crippen LogP contribution in [0.4, 0.5) is 0 Å². The summed E-state index contributed by atoms with van der Waals surface area (Å²) in [5.41, 5.74) is 1.25. The molecule has 7 nitrogen and oxygen atoms in total. The van der Waals surface area contributed by atoms with Crippen molar-refractivity contribution in [3.63, 3.8) is 0 Å². The van der Waals surface area contributed by atoms with Gasteiger partial charge in [0, 0.05) is 12.3 Å². The number of hydrogen-bond acceptors (Lipinski definition) is 7. The monoisotopic (exact) mass is 475 g/mol. The molecule has 0 spiro atoms. The number of thioether (sulfide) groups is 1. The van der Waals surface area contributed by atoms with Crippen LogP contribution >= 0.6 is 11.8 Å². The number of ether oxygens (including phenoxy) is 1. The van der Waals surface area contributed by atoms with E-state index in [1.165, 1.54) is 17.3 Å². The number of hydrogen-bond donors (Lipinski definition) is 0. The van der Waals surface area contributed by atoms with Gasteiger partial charge in [-0.2, -0.15) is 8.42 Å². The summed E-state index contributed by atoms with van der Waals surface area (Å²) in [5.74, 6) is 2.36. The van der Waals surface area contributed by atoms with E-state index < -0.39 is 10.1 Å². The molecule has 0 bridgehead atoms. The Bertz CT molecular complexity index is 1080. The van der Waals surface area contributed by atoms with Crippen molar-refractivity contribution in [1.29, 1.82) is 0 Å². The second-order valence-electron chi connectivity index (χ2n) is 7.70. The first kappa shape index (κ1) is 24.1. The maximum absolute atomic E-state index is 12.3. The highest BCUT2D eigenvalue weighted by Crippen LogP contribution is 2.21. The maximum atomic E-state index is 12.3. The van der Waals surface area contributed by atoms with Crippen LogP contribution in [-0.4, -0.2) is 34.7 Å². The number of aryl methyl sites for hydroxylation is 1. The van der Waals surface area contributed by atoms with E-state index in [2.05, 4.69) is 31.0 Å². The Kier molecular flexibility index (Phi) is 8.58. The topological polar surface area (TPSA) is 83.3 Å². The Labute approximate surface area is 194 Å². The van der Waals surface area contributed by atoms with Crippen LogP contribution in [0.25, 0.3) is 0 Å². The predicted octanol–water partition coefficient (Wildman–Crippen LogP) is 4.58. The first-order valence-corrected chi connectivity index (χ1v) is 13.2. The summed E-state index contributed by atoms with van der Waals surface area (Å²) in [7, 11) is -3.69. The lowest BCUT2D eigenvalue weighted by atomic mass is 10.2. The molecule has 2 aromatic carbocycles. The summed E-state index contributed by atoms with van der Waals surface area (Å²) in [6, 6.07) is 16.5. The average molecular weight is 476 g/mol. The fourth-order valence-electron chi connectivity index (χ4n) is 2.95. The highest BCUT2D eigenvalue weighted by atomic mass is 32.2. The summed E-state index contributed by atoms with van der Waals surface area (Å²) in [6.07, 6.45) is 0.982. The van der Waals surface area contributed by atoms with Gasteiger partial charge in [-0.25, -0.2) is 0 Å². The van der Waals surface area contributed by atoms with Crippen LogP contribution in [0.15, 0.2) is 59.8 Å². The molecule has 0 saturated carbocycles. The third-order valence-corrected chi connectivity index (χ3v) is 6.95. The Hall–Kier alpha value is -2.52. The van der Waals surface area contributed by atoms with Crippen molar-refractivity contribution >= 4 is 21.9 Å². The second kappa shape index (κ2) is 11.4. The van der Waals surface area contributed by atoms with E-state index in [4.69, 9.17) is 8.92 Å². The average Bonchev–Trinajstić information content (AvgIpc) is 3.13. The van der Waals surface area contributed by atoms with E-state index in [1.54, 1.807) is 30.3 Å². The molecular formula is C23H29N3O4S2. The molecule has 0 N–H and O–H groups in total. The van der Waals surface area contributed by atoms with Crippen LogP contribution in [0, 0.1) is 5.92 Å². The van der Waals surface area contributed by atoms with Crippen molar-refractivity contribution in [2.75, 3.05) is 11.5 Å². The van der Waals surface area contributed by atoms with Crippen molar-refractivity contribution in [1.82, 2.24) is 14.8 Å². The maximum Gasteiger partial charge on any atom is 0.310 e. The molecule has 1 aromatic heterocycles. The van der Waals surface area contributed by atoms with Crippen LogP contribution in [0.5, 0.6) is 11.5 Å². The fourth-order valence-corrected chi connectivity index (χ4v) is 5.20. The molecule has 0 saturated heterocycles. The molecule has 172 valence electrons. The molecule has 0 radical (unpaired) electrons. The van der Waals surface area contributed by atoms with Gasteiger partial charge >= 0.3 is 10.1 Å². The van der Waals surface area contributed by atoms with Crippen molar-refractivity contribution in [2.24, 2.45) is 5.92 Å². The van der Waals surface area contributed by atoms with Gasteiger partial charge in [-0.1, -0.05) is 62.9 Å². The van der Waals surface area contributed by atoms with Crippen LogP contribution in [0.1, 0.15) is 32.2 Å². The van der Waals surface area contributed by atoms with Gasteiger partial charge < -0.3 is 13.5 Å². The summed E-state index contributed by atoms with van der Waals surface area (Å²) in [4.78, 5) is 0. The molecular weight excluding hydrogens is 446 g/mol. The molecule has 3 aromatic rings. The standard InChI is InChI=1S/C23H29N3O4S2/c1-4-19-10-12-20(13-11-19)29-17-22-24-25-23(26(22)16-18(2)3)31-14-15-32(27,28)30-21-8-6-5-7-9-21/h5-13,18H,4,14-17H2,1-3H3. The zero-order chi connectivity index (χ0) is 23.0. The van der Waals surface area contributed by atoms with Crippen molar-refractivity contribution < 1.29 is 17.3 Å². The van der Waals surface area contributed by atoms with E-state index in [-0.39, 0.29) is 5.75 Å². The Morgan fingerprint density at radius 1 is 1.00 bits per heavy atom. The summed E-state index contributed by atoms with van der Waals surface area (Å²) in [5, 5.41) is 9.23.